The minimum Gasteiger partial charge on any atom is -0.478 e. The van der Waals surface area contributed by atoms with Crippen molar-refractivity contribution in [2.45, 2.75) is 33.1 Å². The summed E-state index contributed by atoms with van der Waals surface area (Å²) >= 11 is 0. The smallest absolute Gasteiger partial charge is 0.339 e. The van der Waals surface area contributed by atoms with Crippen LogP contribution in [0.15, 0.2) is 6.07 Å². The predicted octanol–water partition coefficient (Wildman–Crippen LogP) is 2.61. The Balaban J connectivity index is 2.75. The lowest BCUT2D eigenvalue weighted by Gasteiger charge is -2.12. The Bertz CT molecular complexity index is 475. The van der Waals surface area contributed by atoms with E-state index in [1.807, 2.05) is 6.92 Å². The van der Waals surface area contributed by atoms with Crippen LogP contribution < -0.4 is 5.32 Å². The van der Waals surface area contributed by atoms with Crippen LogP contribution in [0.5, 0.6) is 0 Å². The van der Waals surface area contributed by atoms with Crippen LogP contribution in [0.3, 0.4) is 0 Å². The zero-order valence-corrected chi connectivity index (χ0v) is 10.8. The number of carbonyl (C=O) groups is 1. The second-order valence-corrected chi connectivity index (χ2v) is 4.16. The van der Waals surface area contributed by atoms with Gasteiger partial charge >= 0.3 is 5.97 Å². The molecule has 18 heavy (non-hydrogen) atoms. The highest BCUT2D eigenvalue weighted by Gasteiger charge is 2.14. The number of aryl methyl sites for hydroxylation is 2. The van der Waals surface area contributed by atoms with Crippen LogP contribution >= 0.6 is 0 Å². The van der Waals surface area contributed by atoms with Crippen LogP contribution in [-0.2, 0) is 0 Å². The molecule has 0 aliphatic rings. The highest BCUT2D eigenvalue weighted by molar-refractivity contribution is 5.95. The van der Waals surface area contributed by atoms with Gasteiger partial charge in [-0.1, -0.05) is 0 Å². The highest BCUT2D eigenvalue weighted by Crippen LogP contribution is 2.19. The van der Waals surface area contributed by atoms with Crippen molar-refractivity contribution >= 4 is 11.7 Å². The van der Waals surface area contributed by atoms with E-state index in [-0.39, 0.29) is 5.56 Å². The van der Waals surface area contributed by atoms with Crippen molar-refractivity contribution in [1.82, 2.24) is 4.98 Å². The number of terminal acetylenes is 1. The number of unbranched alkanes of at least 4 members (excludes halogenated alkanes) is 2. The van der Waals surface area contributed by atoms with Gasteiger partial charge in [0.2, 0.25) is 0 Å². The van der Waals surface area contributed by atoms with Gasteiger partial charge < -0.3 is 10.4 Å². The van der Waals surface area contributed by atoms with Crippen LogP contribution in [0.25, 0.3) is 0 Å². The number of pyridine rings is 1. The van der Waals surface area contributed by atoms with Crippen LogP contribution in [0.1, 0.15) is 41.0 Å². The molecule has 0 radical (unpaired) electrons. The molecule has 1 aromatic heterocycles. The molecule has 0 aliphatic carbocycles. The number of carboxylic acids is 1. The lowest BCUT2D eigenvalue weighted by molar-refractivity contribution is 0.0696. The molecular weight excluding hydrogens is 228 g/mol. The largest absolute Gasteiger partial charge is 0.478 e. The Labute approximate surface area is 107 Å². The van der Waals surface area contributed by atoms with Gasteiger partial charge in [0.05, 0.1) is 11.4 Å². The molecule has 0 saturated carbocycles. The maximum Gasteiger partial charge on any atom is 0.339 e. The van der Waals surface area contributed by atoms with E-state index in [2.05, 4.69) is 16.2 Å². The maximum atomic E-state index is 11.2. The van der Waals surface area contributed by atoms with Crippen LogP contribution in [0, 0.1) is 26.2 Å². The van der Waals surface area contributed by atoms with Crippen molar-refractivity contribution in [3.8, 4) is 12.3 Å². The molecule has 0 amide bonds. The molecule has 96 valence electrons. The Hall–Kier alpha value is -2.02. The fourth-order valence-electron chi connectivity index (χ4n) is 1.81. The summed E-state index contributed by atoms with van der Waals surface area (Å²) in [6, 6.07) is 1.76. The van der Waals surface area contributed by atoms with Gasteiger partial charge in [0.15, 0.2) is 0 Å². The third-order valence-electron chi connectivity index (χ3n) is 2.61. The van der Waals surface area contributed by atoms with E-state index in [1.165, 1.54) is 0 Å². The maximum absolute atomic E-state index is 11.2. The average molecular weight is 246 g/mol. The number of anilines is 1. The summed E-state index contributed by atoms with van der Waals surface area (Å²) in [5, 5.41) is 12.3. The van der Waals surface area contributed by atoms with E-state index in [9.17, 15) is 9.90 Å². The number of carboxylic acid groups (broad SMARTS) is 1. The Morgan fingerprint density at radius 3 is 2.83 bits per heavy atom. The Morgan fingerprint density at radius 1 is 1.50 bits per heavy atom. The summed E-state index contributed by atoms with van der Waals surface area (Å²) in [6.07, 6.45) is 7.78. The molecule has 2 N–H and O–H groups in total. The second-order valence-electron chi connectivity index (χ2n) is 4.16. The standard InChI is InChI=1S/C14H18N2O2/c1-4-5-6-7-8-15-12-9-10(2)16-11(3)13(12)14(17)18/h1,9H,5-8H2,2-3H3,(H,15,16)(H,17,18). The van der Waals surface area contributed by atoms with Gasteiger partial charge in [0.25, 0.3) is 0 Å². The van der Waals surface area contributed by atoms with Crippen molar-refractivity contribution in [2.75, 3.05) is 11.9 Å². The van der Waals surface area contributed by atoms with E-state index >= 15 is 0 Å². The van der Waals surface area contributed by atoms with Gasteiger partial charge in [-0.05, 0) is 32.8 Å². The molecule has 0 unspecified atom stereocenters. The fourth-order valence-corrected chi connectivity index (χ4v) is 1.81. The number of aromatic nitrogens is 1. The molecule has 0 spiro atoms. The normalized spacial score (nSPS) is 9.83. The molecule has 0 aliphatic heterocycles. The Morgan fingerprint density at radius 2 is 2.22 bits per heavy atom. The van der Waals surface area contributed by atoms with Crippen LogP contribution in [-0.4, -0.2) is 22.6 Å². The lowest BCUT2D eigenvalue weighted by atomic mass is 10.1. The third-order valence-corrected chi connectivity index (χ3v) is 2.61. The van der Waals surface area contributed by atoms with E-state index in [4.69, 9.17) is 6.42 Å². The predicted molar refractivity (Wildman–Crippen MR) is 71.8 cm³/mol. The van der Waals surface area contributed by atoms with Gasteiger partial charge in [-0.2, -0.15) is 0 Å². The molecule has 4 nitrogen and oxygen atoms in total. The average Bonchev–Trinajstić information content (AvgIpc) is 2.27. The first-order valence-electron chi connectivity index (χ1n) is 5.95. The van der Waals surface area contributed by atoms with Crippen LogP contribution in [0.4, 0.5) is 5.69 Å². The van der Waals surface area contributed by atoms with Gasteiger partial charge in [-0.15, -0.1) is 12.3 Å². The number of aromatic carboxylic acids is 1. The van der Waals surface area contributed by atoms with E-state index in [0.29, 0.717) is 17.9 Å². The monoisotopic (exact) mass is 246 g/mol. The summed E-state index contributed by atoms with van der Waals surface area (Å²) in [4.78, 5) is 15.3. The number of nitrogens with zero attached hydrogens (tertiary/aromatic N) is 1. The first kappa shape index (κ1) is 14.0. The van der Waals surface area contributed by atoms with Gasteiger partial charge in [0.1, 0.15) is 5.56 Å². The quantitative estimate of drug-likeness (QED) is 0.598. The molecule has 0 aromatic carbocycles. The van der Waals surface area contributed by atoms with Crippen molar-refractivity contribution in [3.63, 3.8) is 0 Å². The number of nitrogens with one attached hydrogen (secondary N) is 1. The highest BCUT2D eigenvalue weighted by atomic mass is 16.4. The minimum atomic E-state index is -0.953. The van der Waals surface area contributed by atoms with Crippen molar-refractivity contribution in [3.05, 3.63) is 23.0 Å². The van der Waals surface area contributed by atoms with Gasteiger partial charge in [0, 0.05) is 18.7 Å². The minimum absolute atomic E-state index is 0.248. The summed E-state index contributed by atoms with van der Waals surface area (Å²) < 4.78 is 0. The number of hydrogen-bond donors (Lipinski definition) is 2. The zero-order chi connectivity index (χ0) is 13.5. The molecule has 1 aromatic rings. The number of hydrogen-bond acceptors (Lipinski definition) is 3. The van der Waals surface area contributed by atoms with Crippen LogP contribution in [0.2, 0.25) is 0 Å². The Kier molecular flexibility index (Phi) is 5.19. The van der Waals surface area contributed by atoms with Gasteiger partial charge in [-0.3, -0.25) is 4.98 Å². The molecular formula is C14H18N2O2. The van der Waals surface area contributed by atoms with Crippen molar-refractivity contribution in [1.29, 1.82) is 0 Å². The summed E-state index contributed by atoms with van der Waals surface area (Å²) in [7, 11) is 0. The van der Waals surface area contributed by atoms with E-state index in [1.54, 1.807) is 13.0 Å². The third kappa shape index (κ3) is 3.77. The summed E-state index contributed by atoms with van der Waals surface area (Å²) in [6.45, 7) is 4.27. The topological polar surface area (TPSA) is 62.2 Å². The summed E-state index contributed by atoms with van der Waals surface area (Å²) in [5.74, 6) is 1.63. The van der Waals surface area contributed by atoms with E-state index < -0.39 is 5.97 Å². The molecule has 0 saturated heterocycles. The second kappa shape index (κ2) is 6.65. The van der Waals surface area contributed by atoms with Crippen molar-refractivity contribution < 1.29 is 9.90 Å². The zero-order valence-electron chi connectivity index (χ0n) is 10.8. The molecule has 4 heteroatoms. The molecule has 0 atom stereocenters. The first-order chi connectivity index (χ1) is 8.56. The number of rotatable bonds is 6. The molecule has 0 bridgehead atoms. The molecule has 1 rings (SSSR count). The lowest BCUT2D eigenvalue weighted by Crippen LogP contribution is -2.11. The SMILES string of the molecule is C#CCCCCNc1cc(C)nc(C)c1C(=O)O. The molecule has 0 fully saturated rings. The first-order valence-corrected chi connectivity index (χ1v) is 5.95. The van der Waals surface area contributed by atoms with Crippen molar-refractivity contribution in [2.24, 2.45) is 0 Å². The summed E-state index contributed by atoms with van der Waals surface area (Å²) in [5.41, 5.74) is 2.23. The van der Waals surface area contributed by atoms with Gasteiger partial charge in [-0.25, -0.2) is 4.79 Å². The van der Waals surface area contributed by atoms with E-state index in [0.717, 1.165) is 25.0 Å². The molecule has 1 heterocycles. The fraction of sp³-hybridized carbons (Fsp3) is 0.429.